The molecule has 1 atom stereocenters. The van der Waals surface area contributed by atoms with E-state index in [1.165, 1.54) is 6.04 Å². The molecule has 0 saturated heterocycles. The Bertz CT molecular complexity index is 138. The Morgan fingerprint density at radius 1 is 1.54 bits per heavy atom. The first-order valence-corrected chi connectivity index (χ1v) is 14.0. The highest BCUT2D eigenvalue weighted by atomic mass is 29.2. The van der Waals surface area contributed by atoms with Crippen molar-refractivity contribution in [3.63, 3.8) is 0 Å². The van der Waals surface area contributed by atoms with Crippen molar-refractivity contribution in [2.24, 2.45) is 5.73 Å². The summed E-state index contributed by atoms with van der Waals surface area (Å²) in [6.45, 7) is 7.58. The first-order valence-electron chi connectivity index (χ1n) is 4.91. The highest BCUT2D eigenvalue weighted by Gasteiger charge is 2.27. The predicted molar refractivity (Wildman–Crippen MR) is 69.6 cm³/mol. The van der Waals surface area contributed by atoms with Crippen molar-refractivity contribution < 1.29 is 8.23 Å². The zero-order valence-corrected chi connectivity index (χ0v) is 14.9. The fraction of sp³-hybridized carbons (Fsp3) is 1.00. The maximum atomic E-state index is 5.89. The quantitative estimate of drug-likeness (QED) is 0.579. The Labute approximate surface area is 89.5 Å². The van der Waals surface area contributed by atoms with Crippen molar-refractivity contribution in [1.82, 2.24) is 0 Å². The van der Waals surface area contributed by atoms with Crippen LogP contribution in [-0.4, -0.2) is 43.2 Å². The minimum absolute atomic E-state index is 0.381. The molecular formula is C6H23NO2Si4. The molecule has 0 spiro atoms. The summed E-state index contributed by atoms with van der Waals surface area (Å²) in [6, 6.07) is 1.21. The molecule has 0 fully saturated rings. The standard InChI is InChI=1S/C6H23NO2Si4/c1-12(2)9-11-13(3,8-10)6-4-5-7/h12H,4-7,11H2,1-3,10H3. The molecule has 13 heavy (non-hydrogen) atoms. The molecule has 0 saturated carbocycles. The van der Waals surface area contributed by atoms with Crippen molar-refractivity contribution in [2.45, 2.75) is 32.1 Å². The van der Waals surface area contributed by atoms with Crippen molar-refractivity contribution in [3.05, 3.63) is 0 Å². The largest absolute Gasteiger partial charge is 0.464 e. The first kappa shape index (κ1) is 13.7. The van der Waals surface area contributed by atoms with E-state index in [1.54, 1.807) is 0 Å². The number of nitrogens with two attached hydrogens (primary N) is 1. The van der Waals surface area contributed by atoms with Crippen LogP contribution in [0.25, 0.3) is 0 Å². The van der Waals surface area contributed by atoms with E-state index in [9.17, 15) is 0 Å². The van der Waals surface area contributed by atoms with Crippen LogP contribution < -0.4 is 5.73 Å². The van der Waals surface area contributed by atoms with E-state index in [1.807, 2.05) is 0 Å². The van der Waals surface area contributed by atoms with Crippen molar-refractivity contribution in [1.29, 1.82) is 0 Å². The highest BCUT2D eigenvalue weighted by molar-refractivity contribution is 7.20. The summed E-state index contributed by atoms with van der Waals surface area (Å²) >= 11 is 0. The van der Waals surface area contributed by atoms with Crippen molar-refractivity contribution in [3.8, 4) is 0 Å². The van der Waals surface area contributed by atoms with Gasteiger partial charge < -0.3 is 14.0 Å². The van der Waals surface area contributed by atoms with Gasteiger partial charge in [0.15, 0.2) is 26.2 Å². The van der Waals surface area contributed by atoms with Crippen LogP contribution in [0, 0.1) is 0 Å². The lowest BCUT2D eigenvalue weighted by Gasteiger charge is -2.26. The third kappa shape index (κ3) is 6.77. The molecule has 0 radical (unpaired) electrons. The minimum Gasteiger partial charge on any atom is -0.464 e. The van der Waals surface area contributed by atoms with E-state index >= 15 is 0 Å². The molecule has 0 aliphatic carbocycles. The van der Waals surface area contributed by atoms with Crippen LogP contribution in [0.4, 0.5) is 0 Å². The summed E-state index contributed by atoms with van der Waals surface area (Å²) in [5, 5.41) is 0. The van der Waals surface area contributed by atoms with E-state index in [0.29, 0.717) is 0 Å². The van der Waals surface area contributed by atoms with Gasteiger partial charge in [-0.25, -0.2) is 0 Å². The molecule has 0 rings (SSSR count). The molecule has 3 nitrogen and oxygen atoms in total. The molecule has 0 aliphatic rings. The van der Waals surface area contributed by atoms with E-state index in [2.05, 4.69) is 19.6 Å². The second-order valence-electron chi connectivity index (χ2n) is 3.91. The zero-order valence-electron chi connectivity index (χ0n) is 9.30. The fourth-order valence-corrected chi connectivity index (χ4v) is 14.6. The van der Waals surface area contributed by atoms with Crippen LogP contribution >= 0.6 is 0 Å². The average molecular weight is 254 g/mol. The average Bonchev–Trinajstić information content (AvgIpc) is 2.11. The van der Waals surface area contributed by atoms with Gasteiger partial charge in [0, 0.05) is 0 Å². The smallest absolute Gasteiger partial charge is 0.186 e. The lowest BCUT2D eigenvalue weighted by atomic mass is 10.5. The van der Waals surface area contributed by atoms with Gasteiger partial charge in [0.25, 0.3) is 0 Å². The SMILES string of the molecule is C[SiH](C)O[SiH2][Si](C)(CCCN)O[SiH3]. The molecule has 0 heterocycles. The van der Waals surface area contributed by atoms with E-state index in [0.717, 1.165) is 23.5 Å². The van der Waals surface area contributed by atoms with Gasteiger partial charge in [-0.05, 0) is 38.7 Å². The van der Waals surface area contributed by atoms with E-state index < -0.39 is 16.9 Å². The third-order valence-electron chi connectivity index (χ3n) is 2.12. The van der Waals surface area contributed by atoms with Gasteiger partial charge in [-0.2, -0.15) is 0 Å². The molecule has 2 N–H and O–H groups in total. The maximum Gasteiger partial charge on any atom is 0.186 e. The predicted octanol–water partition coefficient (Wildman–Crippen LogP) is -1.21. The Kier molecular flexibility index (Phi) is 7.50. The Balaban J connectivity index is 3.81. The van der Waals surface area contributed by atoms with Gasteiger partial charge in [0.05, 0.1) is 0 Å². The molecule has 0 aromatic rings. The van der Waals surface area contributed by atoms with Gasteiger partial charge in [-0.15, -0.1) is 0 Å². The van der Waals surface area contributed by atoms with Crippen LogP contribution in [0.3, 0.4) is 0 Å². The van der Waals surface area contributed by atoms with Gasteiger partial charge in [0.2, 0.25) is 0 Å². The molecule has 0 aromatic carbocycles. The Morgan fingerprint density at radius 3 is 2.54 bits per heavy atom. The van der Waals surface area contributed by atoms with E-state index in [-0.39, 0.29) is 9.28 Å². The topological polar surface area (TPSA) is 44.5 Å². The van der Waals surface area contributed by atoms with Crippen LogP contribution in [0.2, 0.25) is 25.7 Å². The Morgan fingerprint density at radius 2 is 2.15 bits per heavy atom. The van der Waals surface area contributed by atoms with Gasteiger partial charge >= 0.3 is 0 Å². The van der Waals surface area contributed by atoms with Crippen molar-refractivity contribution in [2.75, 3.05) is 6.54 Å². The summed E-state index contributed by atoms with van der Waals surface area (Å²) in [6.07, 6.45) is 1.11. The lowest BCUT2D eigenvalue weighted by Crippen LogP contribution is -2.44. The highest BCUT2D eigenvalue weighted by Crippen LogP contribution is 2.11. The number of hydrogen-bond acceptors (Lipinski definition) is 3. The summed E-state index contributed by atoms with van der Waals surface area (Å²) in [7, 11) is -1.71. The molecule has 0 bridgehead atoms. The van der Waals surface area contributed by atoms with Gasteiger partial charge in [-0.3, -0.25) is 0 Å². The van der Waals surface area contributed by atoms with E-state index in [4.69, 9.17) is 14.0 Å². The molecule has 7 heteroatoms. The summed E-state index contributed by atoms with van der Waals surface area (Å²) < 4.78 is 11.7. The van der Waals surface area contributed by atoms with Gasteiger partial charge in [0.1, 0.15) is 10.5 Å². The molecule has 1 unspecified atom stereocenters. The summed E-state index contributed by atoms with van der Waals surface area (Å²) in [5.74, 6) is 0. The summed E-state index contributed by atoms with van der Waals surface area (Å²) in [4.78, 5) is 0. The van der Waals surface area contributed by atoms with Crippen LogP contribution in [0.1, 0.15) is 6.42 Å². The monoisotopic (exact) mass is 253 g/mol. The van der Waals surface area contributed by atoms with Crippen molar-refractivity contribution >= 4 is 36.6 Å². The molecule has 0 amide bonds. The van der Waals surface area contributed by atoms with Crippen LogP contribution in [0.15, 0.2) is 0 Å². The third-order valence-corrected chi connectivity index (χ3v) is 18.4. The number of hydrogen-bond donors (Lipinski definition) is 1. The summed E-state index contributed by atoms with van der Waals surface area (Å²) in [5.41, 5.74) is 5.51. The molecular weight excluding hydrogens is 230 g/mol. The Hall–Kier alpha value is 0.748. The molecule has 0 aromatic heterocycles. The second-order valence-corrected chi connectivity index (χ2v) is 18.0. The molecule has 80 valence electrons. The number of rotatable bonds is 7. The zero-order chi connectivity index (χ0) is 10.3. The van der Waals surface area contributed by atoms with Gasteiger partial charge in [-0.1, -0.05) is 0 Å². The fourth-order valence-electron chi connectivity index (χ4n) is 1.05. The normalized spacial score (nSPS) is 17.3. The van der Waals surface area contributed by atoms with Crippen LogP contribution in [0.5, 0.6) is 0 Å². The minimum atomic E-state index is -1.37. The van der Waals surface area contributed by atoms with Crippen LogP contribution in [-0.2, 0) is 8.23 Å². The second kappa shape index (κ2) is 7.09. The maximum absolute atomic E-state index is 5.89. The molecule has 0 aliphatic heterocycles. The first-order chi connectivity index (χ1) is 6.04. The lowest BCUT2D eigenvalue weighted by molar-refractivity contribution is 0.583.